The van der Waals surface area contributed by atoms with Gasteiger partial charge in [-0.3, -0.25) is 0 Å². The van der Waals surface area contributed by atoms with Crippen LogP contribution in [0.15, 0.2) is 45.7 Å². The van der Waals surface area contributed by atoms with Crippen molar-refractivity contribution < 1.29 is 22.7 Å². The molecule has 0 amide bonds. The molecule has 8 heteroatoms. The molecule has 1 aliphatic rings. The molecular formula is C21H22N2O5S. The Morgan fingerprint density at radius 1 is 1.07 bits per heavy atom. The van der Waals surface area contributed by atoms with Gasteiger partial charge in [-0.1, -0.05) is 12.8 Å². The van der Waals surface area contributed by atoms with Crippen molar-refractivity contribution in [3.05, 3.63) is 47.7 Å². The molecular weight excluding hydrogens is 392 g/mol. The topological polar surface area (TPSA) is 101 Å². The molecule has 152 valence electrons. The molecule has 7 nitrogen and oxygen atoms in total. The van der Waals surface area contributed by atoms with Gasteiger partial charge < -0.3 is 9.52 Å². The van der Waals surface area contributed by atoms with E-state index in [0.29, 0.717) is 41.2 Å². The van der Waals surface area contributed by atoms with Crippen molar-refractivity contribution in [1.29, 1.82) is 0 Å². The molecule has 0 saturated carbocycles. The van der Waals surface area contributed by atoms with Crippen molar-refractivity contribution in [2.45, 2.75) is 37.5 Å². The third-order valence-electron chi connectivity index (χ3n) is 5.21. The molecule has 1 fully saturated rings. The highest BCUT2D eigenvalue weighted by Crippen LogP contribution is 2.29. The highest BCUT2D eigenvalue weighted by Gasteiger charge is 2.26. The van der Waals surface area contributed by atoms with Crippen molar-refractivity contribution in [1.82, 2.24) is 9.29 Å². The number of pyridine rings is 1. The van der Waals surface area contributed by atoms with Crippen LogP contribution in [-0.2, 0) is 10.0 Å². The van der Waals surface area contributed by atoms with E-state index in [1.807, 2.05) is 0 Å². The molecule has 0 spiro atoms. The Balaban J connectivity index is 1.83. The molecule has 0 atom stereocenters. The Morgan fingerprint density at radius 2 is 1.79 bits per heavy atom. The normalized spacial score (nSPS) is 16.0. The van der Waals surface area contributed by atoms with Gasteiger partial charge in [0, 0.05) is 18.5 Å². The van der Waals surface area contributed by atoms with E-state index in [-0.39, 0.29) is 10.5 Å². The summed E-state index contributed by atoms with van der Waals surface area (Å²) in [4.78, 5) is 16.5. The first-order valence-corrected chi connectivity index (χ1v) is 11.1. The van der Waals surface area contributed by atoms with Gasteiger partial charge in [0.2, 0.25) is 10.0 Å². The Morgan fingerprint density at radius 3 is 2.41 bits per heavy atom. The summed E-state index contributed by atoms with van der Waals surface area (Å²) in [5.41, 5.74) is 0.793. The summed E-state index contributed by atoms with van der Waals surface area (Å²) >= 11 is 0. The fraction of sp³-hybridized carbons (Fsp3) is 0.333. The van der Waals surface area contributed by atoms with Gasteiger partial charge in [0.1, 0.15) is 11.5 Å². The van der Waals surface area contributed by atoms with Gasteiger partial charge in [-0.05, 0) is 56.2 Å². The number of carboxylic acid groups (broad SMARTS) is 1. The zero-order valence-corrected chi connectivity index (χ0v) is 16.9. The first-order valence-electron chi connectivity index (χ1n) is 9.61. The van der Waals surface area contributed by atoms with E-state index < -0.39 is 16.0 Å². The van der Waals surface area contributed by atoms with Crippen molar-refractivity contribution in [3.8, 4) is 11.5 Å². The molecule has 4 rings (SSSR count). The molecule has 3 aromatic rings. The van der Waals surface area contributed by atoms with Gasteiger partial charge in [-0.15, -0.1) is 0 Å². The Labute approximate surface area is 169 Å². The fourth-order valence-corrected chi connectivity index (χ4v) is 5.22. The number of aromatic nitrogens is 1. The van der Waals surface area contributed by atoms with Crippen LogP contribution in [0.4, 0.5) is 0 Å². The number of benzene rings is 1. The van der Waals surface area contributed by atoms with Gasteiger partial charge in [-0.2, -0.15) is 4.31 Å². The average molecular weight is 414 g/mol. The van der Waals surface area contributed by atoms with E-state index in [9.17, 15) is 18.3 Å². The van der Waals surface area contributed by atoms with Gasteiger partial charge in [-0.25, -0.2) is 18.2 Å². The maximum atomic E-state index is 13.1. The lowest BCUT2D eigenvalue weighted by Crippen LogP contribution is -2.31. The molecule has 1 aliphatic heterocycles. The van der Waals surface area contributed by atoms with Gasteiger partial charge in [0.25, 0.3) is 0 Å². The summed E-state index contributed by atoms with van der Waals surface area (Å²) in [6, 6.07) is 9.41. The lowest BCUT2D eigenvalue weighted by Gasteiger charge is -2.20. The highest BCUT2D eigenvalue weighted by atomic mass is 32.2. The third-order valence-corrected chi connectivity index (χ3v) is 7.10. The number of hydrogen-bond acceptors (Lipinski definition) is 5. The Hall–Kier alpha value is -2.71. The van der Waals surface area contributed by atoms with E-state index in [2.05, 4.69) is 4.98 Å². The predicted octanol–water partition coefficient (Wildman–Crippen LogP) is 4.07. The number of rotatable bonds is 4. The lowest BCUT2D eigenvalue weighted by atomic mass is 10.1. The second-order valence-corrected chi connectivity index (χ2v) is 9.21. The molecule has 3 heterocycles. The summed E-state index contributed by atoms with van der Waals surface area (Å²) in [6.45, 7) is 2.77. The first kappa shape index (κ1) is 19.6. The quantitative estimate of drug-likeness (QED) is 0.691. The van der Waals surface area contributed by atoms with E-state index in [4.69, 9.17) is 4.42 Å². The van der Waals surface area contributed by atoms with Crippen LogP contribution in [-0.4, -0.2) is 41.9 Å². The number of furan rings is 1. The smallest absolute Gasteiger partial charge is 0.336 e. The van der Waals surface area contributed by atoms with Crippen molar-refractivity contribution in [3.63, 3.8) is 0 Å². The van der Waals surface area contributed by atoms with Crippen molar-refractivity contribution in [2.75, 3.05) is 13.1 Å². The predicted molar refractivity (Wildman–Crippen MR) is 108 cm³/mol. The number of aryl methyl sites for hydroxylation is 1. The SMILES string of the molecule is Cc1ccc(-c2cc(C(=O)O)c3cc(S(=O)(=O)N4CCCCCC4)ccc3n2)o1. The third kappa shape index (κ3) is 3.77. The molecule has 0 unspecified atom stereocenters. The lowest BCUT2D eigenvalue weighted by molar-refractivity contribution is 0.0699. The zero-order valence-electron chi connectivity index (χ0n) is 16.1. The minimum Gasteiger partial charge on any atom is -0.478 e. The van der Waals surface area contributed by atoms with Crippen LogP contribution in [0.5, 0.6) is 0 Å². The number of nitrogens with zero attached hydrogens (tertiary/aromatic N) is 2. The maximum absolute atomic E-state index is 13.1. The molecule has 1 aromatic carbocycles. The van der Waals surface area contributed by atoms with E-state index in [1.54, 1.807) is 25.1 Å². The Kier molecular flexibility index (Phi) is 5.14. The standard InChI is InChI=1S/C21H22N2O5S/c1-14-6-9-20(28-14)19-13-17(21(24)25)16-12-15(7-8-18(16)22-19)29(26,27)23-10-4-2-3-5-11-23/h6-9,12-13H,2-5,10-11H2,1H3,(H,24,25). The second-order valence-electron chi connectivity index (χ2n) is 7.27. The van der Waals surface area contributed by atoms with Crippen LogP contribution in [0.25, 0.3) is 22.4 Å². The van der Waals surface area contributed by atoms with Crippen LogP contribution in [0.3, 0.4) is 0 Å². The number of carbonyl (C=O) groups is 1. The second kappa shape index (κ2) is 7.61. The largest absolute Gasteiger partial charge is 0.478 e. The molecule has 29 heavy (non-hydrogen) atoms. The van der Waals surface area contributed by atoms with Crippen LogP contribution in [0.2, 0.25) is 0 Å². The summed E-state index contributed by atoms with van der Waals surface area (Å²) in [5.74, 6) is 0.0112. The summed E-state index contributed by atoms with van der Waals surface area (Å²) in [6.07, 6.45) is 3.71. The van der Waals surface area contributed by atoms with E-state index >= 15 is 0 Å². The molecule has 0 bridgehead atoms. The number of sulfonamides is 1. The minimum absolute atomic E-state index is 0.00744. The molecule has 2 aromatic heterocycles. The monoisotopic (exact) mass is 414 g/mol. The van der Waals surface area contributed by atoms with Crippen LogP contribution in [0.1, 0.15) is 41.8 Å². The molecule has 1 N–H and O–H groups in total. The van der Waals surface area contributed by atoms with Crippen LogP contribution in [0, 0.1) is 6.92 Å². The van der Waals surface area contributed by atoms with Gasteiger partial charge in [0.05, 0.1) is 16.0 Å². The average Bonchev–Trinajstić information content (AvgIpc) is 2.95. The van der Waals surface area contributed by atoms with Crippen LogP contribution < -0.4 is 0 Å². The summed E-state index contributed by atoms with van der Waals surface area (Å²) < 4.78 is 33.3. The van der Waals surface area contributed by atoms with Gasteiger partial charge >= 0.3 is 5.97 Å². The summed E-state index contributed by atoms with van der Waals surface area (Å²) in [5, 5.41) is 10.0. The van der Waals surface area contributed by atoms with Crippen LogP contribution >= 0.6 is 0 Å². The molecule has 0 radical (unpaired) electrons. The Bertz CT molecular complexity index is 1170. The number of fused-ring (bicyclic) bond motifs is 1. The number of aromatic carboxylic acids is 1. The van der Waals surface area contributed by atoms with Crippen molar-refractivity contribution in [2.24, 2.45) is 0 Å². The molecule has 0 aliphatic carbocycles. The van der Waals surface area contributed by atoms with E-state index in [1.165, 1.54) is 22.5 Å². The van der Waals surface area contributed by atoms with E-state index in [0.717, 1.165) is 25.7 Å². The highest BCUT2D eigenvalue weighted by molar-refractivity contribution is 7.89. The number of hydrogen-bond donors (Lipinski definition) is 1. The maximum Gasteiger partial charge on any atom is 0.336 e. The molecule has 1 saturated heterocycles. The summed E-state index contributed by atoms with van der Waals surface area (Å²) in [7, 11) is -3.68. The van der Waals surface area contributed by atoms with Crippen molar-refractivity contribution >= 4 is 26.9 Å². The fourth-order valence-electron chi connectivity index (χ4n) is 3.67. The zero-order chi connectivity index (χ0) is 20.6. The number of carboxylic acids is 1. The minimum atomic E-state index is -3.68. The first-order chi connectivity index (χ1) is 13.9. The van der Waals surface area contributed by atoms with Gasteiger partial charge in [0.15, 0.2) is 5.76 Å².